The van der Waals surface area contributed by atoms with Gasteiger partial charge in [0.15, 0.2) is 0 Å². The maximum absolute atomic E-state index is 12.0. The van der Waals surface area contributed by atoms with Crippen LogP contribution in [-0.2, 0) is 14.3 Å². The number of carbonyl (C=O) groups excluding carboxylic acids is 2. The number of unbranched alkanes of at least 4 members (excludes halogenated alkanes) is 3. The van der Waals surface area contributed by atoms with E-state index in [4.69, 9.17) is 18.9 Å². The zero-order valence-electron chi connectivity index (χ0n) is 20.7. The SMILES string of the molecule is CCC(C)(C)C(=O)OCCCCCCOc1ccc(/C=C/C(=O)Oc2ccc(OC)cc2)cc1. The fraction of sp³-hybridized carbons (Fsp3) is 0.429. The number of ether oxygens (including phenoxy) is 4. The van der Waals surface area contributed by atoms with Crippen molar-refractivity contribution in [2.45, 2.75) is 52.9 Å². The third-order valence-electron chi connectivity index (χ3n) is 5.55. The lowest BCUT2D eigenvalue weighted by molar-refractivity contribution is -0.154. The van der Waals surface area contributed by atoms with Crippen molar-refractivity contribution in [3.8, 4) is 17.2 Å². The van der Waals surface area contributed by atoms with E-state index in [-0.39, 0.29) is 5.97 Å². The van der Waals surface area contributed by atoms with Gasteiger partial charge >= 0.3 is 11.9 Å². The molecule has 0 saturated heterocycles. The molecule has 0 aliphatic rings. The molecule has 0 atom stereocenters. The van der Waals surface area contributed by atoms with Crippen molar-refractivity contribution >= 4 is 18.0 Å². The van der Waals surface area contributed by atoms with Crippen molar-refractivity contribution < 1.29 is 28.5 Å². The molecule has 6 nitrogen and oxygen atoms in total. The van der Waals surface area contributed by atoms with Gasteiger partial charge in [-0.2, -0.15) is 0 Å². The molecule has 0 bridgehead atoms. The minimum Gasteiger partial charge on any atom is -0.497 e. The van der Waals surface area contributed by atoms with E-state index in [1.54, 1.807) is 37.5 Å². The fourth-order valence-electron chi connectivity index (χ4n) is 2.89. The van der Waals surface area contributed by atoms with Crippen LogP contribution in [0.4, 0.5) is 0 Å². The Morgan fingerprint density at radius 3 is 2.03 bits per heavy atom. The summed E-state index contributed by atoms with van der Waals surface area (Å²) in [5.74, 6) is 1.38. The van der Waals surface area contributed by atoms with Crippen LogP contribution in [0.25, 0.3) is 6.08 Å². The molecule has 0 aliphatic heterocycles. The van der Waals surface area contributed by atoms with Gasteiger partial charge in [-0.05, 0) is 94.0 Å². The quantitative estimate of drug-likeness (QED) is 0.142. The van der Waals surface area contributed by atoms with Crippen molar-refractivity contribution in [2.75, 3.05) is 20.3 Å². The van der Waals surface area contributed by atoms with Gasteiger partial charge in [-0.15, -0.1) is 0 Å². The van der Waals surface area contributed by atoms with E-state index < -0.39 is 11.4 Å². The molecule has 184 valence electrons. The van der Waals surface area contributed by atoms with Gasteiger partial charge in [0.25, 0.3) is 0 Å². The molecular weight excluding hydrogens is 432 g/mol. The van der Waals surface area contributed by atoms with Crippen molar-refractivity contribution in [1.29, 1.82) is 0 Å². The van der Waals surface area contributed by atoms with Crippen LogP contribution in [0, 0.1) is 5.41 Å². The molecular formula is C28H36O6. The molecule has 0 aliphatic carbocycles. The number of hydrogen-bond acceptors (Lipinski definition) is 6. The van der Waals surface area contributed by atoms with E-state index in [1.165, 1.54) is 6.08 Å². The Morgan fingerprint density at radius 2 is 1.41 bits per heavy atom. The first-order valence-electron chi connectivity index (χ1n) is 11.8. The summed E-state index contributed by atoms with van der Waals surface area (Å²) < 4.78 is 21.5. The van der Waals surface area contributed by atoms with E-state index in [2.05, 4.69) is 0 Å². The second kappa shape index (κ2) is 14.1. The van der Waals surface area contributed by atoms with Crippen LogP contribution >= 0.6 is 0 Å². The van der Waals surface area contributed by atoms with Gasteiger partial charge in [-0.3, -0.25) is 4.79 Å². The van der Waals surface area contributed by atoms with E-state index in [1.807, 2.05) is 45.0 Å². The molecule has 2 aromatic rings. The van der Waals surface area contributed by atoms with Crippen LogP contribution in [0.15, 0.2) is 54.6 Å². The minimum absolute atomic E-state index is 0.120. The Morgan fingerprint density at radius 1 is 0.824 bits per heavy atom. The zero-order chi connectivity index (χ0) is 24.8. The third-order valence-corrected chi connectivity index (χ3v) is 5.55. The maximum Gasteiger partial charge on any atom is 0.336 e. The highest BCUT2D eigenvalue weighted by Gasteiger charge is 2.26. The van der Waals surface area contributed by atoms with Crippen molar-refractivity contribution in [3.63, 3.8) is 0 Å². The molecule has 0 saturated carbocycles. The highest BCUT2D eigenvalue weighted by Crippen LogP contribution is 2.22. The lowest BCUT2D eigenvalue weighted by atomic mass is 9.91. The number of carbonyl (C=O) groups is 2. The molecule has 0 heterocycles. The lowest BCUT2D eigenvalue weighted by Gasteiger charge is -2.20. The summed E-state index contributed by atoms with van der Waals surface area (Å²) in [6.07, 6.45) is 7.69. The summed E-state index contributed by atoms with van der Waals surface area (Å²) in [5, 5.41) is 0. The Labute approximate surface area is 202 Å². The van der Waals surface area contributed by atoms with Crippen LogP contribution in [0.2, 0.25) is 0 Å². The summed E-state index contributed by atoms with van der Waals surface area (Å²) >= 11 is 0. The Kier molecular flexibility index (Phi) is 11.2. The van der Waals surface area contributed by atoms with E-state index >= 15 is 0 Å². The number of rotatable bonds is 14. The lowest BCUT2D eigenvalue weighted by Crippen LogP contribution is -2.26. The first-order chi connectivity index (χ1) is 16.3. The molecule has 2 aromatic carbocycles. The molecule has 0 spiro atoms. The summed E-state index contributed by atoms with van der Waals surface area (Å²) in [6, 6.07) is 14.4. The second-order valence-corrected chi connectivity index (χ2v) is 8.64. The molecule has 0 aromatic heterocycles. The summed E-state index contributed by atoms with van der Waals surface area (Å²) in [4.78, 5) is 23.9. The fourth-order valence-corrected chi connectivity index (χ4v) is 2.89. The van der Waals surface area contributed by atoms with Crippen molar-refractivity contribution in [3.05, 3.63) is 60.2 Å². The molecule has 0 unspecified atom stereocenters. The number of esters is 2. The summed E-state index contributed by atoms with van der Waals surface area (Å²) in [5.41, 5.74) is 0.472. The van der Waals surface area contributed by atoms with E-state index in [0.717, 1.165) is 43.4 Å². The molecule has 6 heteroatoms. The van der Waals surface area contributed by atoms with Gasteiger partial charge in [0.05, 0.1) is 25.7 Å². The average molecular weight is 469 g/mol. The maximum atomic E-state index is 12.0. The highest BCUT2D eigenvalue weighted by atomic mass is 16.5. The highest BCUT2D eigenvalue weighted by molar-refractivity contribution is 5.88. The number of methoxy groups -OCH3 is 1. The van der Waals surface area contributed by atoms with Gasteiger partial charge in [0, 0.05) is 6.08 Å². The topological polar surface area (TPSA) is 71.1 Å². The van der Waals surface area contributed by atoms with Crippen LogP contribution in [0.5, 0.6) is 17.2 Å². The van der Waals surface area contributed by atoms with Gasteiger partial charge in [-0.25, -0.2) is 4.79 Å². The van der Waals surface area contributed by atoms with Gasteiger partial charge in [-0.1, -0.05) is 19.1 Å². The molecule has 34 heavy (non-hydrogen) atoms. The zero-order valence-corrected chi connectivity index (χ0v) is 20.7. The Hall–Kier alpha value is -3.28. The molecule has 0 N–H and O–H groups in total. The van der Waals surface area contributed by atoms with Crippen LogP contribution in [0.1, 0.15) is 58.4 Å². The number of benzene rings is 2. The molecule has 2 rings (SSSR count). The van der Waals surface area contributed by atoms with Gasteiger partial charge < -0.3 is 18.9 Å². The van der Waals surface area contributed by atoms with Gasteiger partial charge in [0.2, 0.25) is 0 Å². The summed E-state index contributed by atoms with van der Waals surface area (Å²) in [6.45, 7) is 6.92. The first kappa shape index (κ1) is 27.0. The largest absolute Gasteiger partial charge is 0.497 e. The molecule has 0 fully saturated rings. The monoisotopic (exact) mass is 468 g/mol. The predicted molar refractivity (Wildman–Crippen MR) is 133 cm³/mol. The standard InChI is InChI=1S/C28H36O6/c1-5-28(2,3)27(30)33-21-9-7-6-8-20-32-24-13-10-22(11-14-24)12-19-26(29)34-25-17-15-23(31-4)16-18-25/h10-19H,5-9,20-21H2,1-4H3/b19-12+. The Balaban J connectivity index is 1.60. The van der Waals surface area contributed by atoms with Crippen LogP contribution < -0.4 is 14.2 Å². The predicted octanol–water partition coefficient (Wildman–Crippen LogP) is 6.23. The first-order valence-corrected chi connectivity index (χ1v) is 11.8. The third kappa shape index (κ3) is 9.69. The Bertz CT molecular complexity index is 913. The van der Waals surface area contributed by atoms with E-state index in [9.17, 15) is 9.59 Å². The number of hydrogen-bond donors (Lipinski definition) is 0. The van der Waals surface area contributed by atoms with Crippen LogP contribution in [0.3, 0.4) is 0 Å². The average Bonchev–Trinajstić information content (AvgIpc) is 2.85. The smallest absolute Gasteiger partial charge is 0.336 e. The van der Waals surface area contributed by atoms with Gasteiger partial charge in [0.1, 0.15) is 17.2 Å². The van der Waals surface area contributed by atoms with E-state index in [0.29, 0.717) is 24.7 Å². The van der Waals surface area contributed by atoms with Crippen molar-refractivity contribution in [2.24, 2.45) is 5.41 Å². The second-order valence-electron chi connectivity index (χ2n) is 8.64. The molecule has 0 amide bonds. The van der Waals surface area contributed by atoms with Crippen LogP contribution in [-0.4, -0.2) is 32.3 Å². The normalized spacial score (nSPS) is 11.3. The van der Waals surface area contributed by atoms with Crippen molar-refractivity contribution in [1.82, 2.24) is 0 Å². The summed E-state index contributed by atoms with van der Waals surface area (Å²) in [7, 11) is 1.58. The minimum atomic E-state index is -0.450. The molecule has 0 radical (unpaired) electrons.